The van der Waals surface area contributed by atoms with Crippen LogP contribution in [-0.4, -0.2) is 50.3 Å². The van der Waals surface area contributed by atoms with Crippen molar-refractivity contribution in [1.82, 2.24) is 9.62 Å². The van der Waals surface area contributed by atoms with Gasteiger partial charge >= 0.3 is 5.97 Å². The third kappa shape index (κ3) is 5.29. The Bertz CT molecular complexity index is 755. The molecule has 1 aliphatic carbocycles. The highest BCUT2D eigenvalue weighted by Crippen LogP contribution is 2.26. The van der Waals surface area contributed by atoms with Gasteiger partial charge in [-0.25, -0.2) is 13.2 Å². The molecule has 1 aromatic rings. The summed E-state index contributed by atoms with van der Waals surface area (Å²) < 4.78 is 31.9. The topological polar surface area (TPSA) is 92.8 Å². The normalized spacial score (nSPS) is 16.7. The van der Waals surface area contributed by atoms with Gasteiger partial charge in [0.15, 0.2) is 0 Å². The Balaban J connectivity index is 2.07. The van der Waals surface area contributed by atoms with Crippen LogP contribution in [0.15, 0.2) is 29.2 Å². The molecular weight excluding hydrogens is 368 g/mol. The van der Waals surface area contributed by atoms with Crippen LogP contribution < -0.4 is 5.32 Å². The lowest BCUT2D eigenvalue weighted by Crippen LogP contribution is -2.39. The number of carbonyl (C=O) groups excluding carboxylic acids is 2. The van der Waals surface area contributed by atoms with Crippen LogP contribution >= 0.6 is 0 Å². The molecule has 0 aliphatic heterocycles. The molecule has 7 nitrogen and oxygen atoms in total. The van der Waals surface area contributed by atoms with Gasteiger partial charge in [0.05, 0.1) is 11.5 Å². The van der Waals surface area contributed by atoms with Gasteiger partial charge in [0.1, 0.15) is 6.04 Å². The number of hydrogen-bond acceptors (Lipinski definition) is 5. The first-order valence-electron chi connectivity index (χ1n) is 9.33. The van der Waals surface area contributed by atoms with Crippen LogP contribution in [0.5, 0.6) is 0 Å². The van der Waals surface area contributed by atoms with E-state index in [4.69, 9.17) is 4.74 Å². The molecule has 0 bridgehead atoms. The van der Waals surface area contributed by atoms with E-state index in [2.05, 4.69) is 5.32 Å². The average Bonchev–Trinajstić information content (AvgIpc) is 2.68. The molecular formula is C19H28N2O5S. The first-order valence-corrected chi connectivity index (χ1v) is 10.8. The number of sulfonamides is 1. The van der Waals surface area contributed by atoms with Crippen molar-refractivity contribution in [1.29, 1.82) is 0 Å². The predicted molar refractivity (Wildman–Crippen MR) is 102 cm³/mol. The van der Waals surface area contributed by atoms with Crippen molar-refractivity contribution >= 4 is 21.9 Å². The van der Waals surface area contributed by atoms with Crippen molar-refractivity contribution in [2.45, 2.75) is 62.9 Å². The molecule has 2 rings (SSSR count). The van der Waals surface area contributed by atoms with E-state index in [1.807, 2.05) is 0 Å². The fourth-order valence-electron chi connectivity index (χ4n) is 3.19. The van der Waals surface area contributed by atoms with Gasteiger partial charge in [-0.1, -0.05) is 19.3 Å². The minimum absolute atomic E-state index is 0.0251. The van der Waals surface area contributed by atoms with Crippen molar-refractivity contribution in [3.63, 3.8) is 0 Å². The van der Waals surface area contributed by atoms with E-state index in [-0.39, 0.29) is 23.1 Å². The fourth-order valence-corrected chi connectivity index (χ4v) is 4.61. The molecule has 1 amide bonds. The molecule has 1 unspecified atom stereocenters. The molecule has 8 heteroatoms. The van der Waals surface area contributed by atoms with E-state index < -0.39 is 27.9 Å². The monoisotopic (exact) mass is 396 g/mol. The van der Waals surface area contributed by atoms with Gasteiger partial charge in [0, 0.05) is 18.7 Å². The van der Waals surface area contributed by atoms with Crippen molar-refractivity contribution in [3.05, 3.63) is 29.8 Å². The summed E-state index contributed by atoms with van der Waals surface area (Å²) in [5.74, 6) is -0.973. The van der Waals surface area contributed by atoms with Gasteiger partial charge in [0.2, 0.25) is 10.0 Å². The first-order chi connectivity index (χ1) is 12.8. The van der Waals surface area contributed by atoms with Gasteiger partial charge in [-0.05, 0) is 51.0 Å². The van der Waals surface area contributed by atoms with Crippen molar-refractivity contribution in [3.8, 4) is 0 Å². The van der Waals surface area contributed by atoms with E-state index in [1.165, 1.54) is 35.5 Å². The Labute approximate surface area is 161 Å². The third-order valence-corrected chi connectivity index (χ3v) is 6.79. The molecule has 1 N–H and O–H groups in total. The van der Waals surface area contributed by atoms with Gasteiger partial charge in [-0.3, -0.25) is 4.79 Å². The molecule has 1 aliphatic rings. The lowest BCUT2D eigenvalue weighted by Gasteiger charge is -2.30. The Morgan fingerprint density at radius 3 is 2.33 bits per heavy atom. The summed E-state index contributed by atoms with van der Waals surface area (Å²) in [4.78, 5) is 24.0. The number of ether oxygens (including phenoxy) is 1. The van der Waals surface area contributed by atoms with Gasteiger partial charge in [0.25, 0.3) is 5.91 Å². The highest BCUT2D eigenvalue weighted by atomic mass is 32.2. The molecule has 0 aromatic heterocycles. The Morgan fingerprint density at radius 1 is 1.19 bits per heavy atom. The lowest BCUT2D eigenvalue weighted by atomic mass is 9.96. The Kier molecular flexibility index (Phi) is 7.38. The minimum atomic E-state index is -3.60. The number of benzene rings is 1. The van der Waals surface area contributed by atoms with E-state index in [0.717, 1.165) is 32.1 Å². The Morgan fingerprint density at radius 2 is 1.78 bits per heavy atom. The van der Waals surface area contributed by atoms with Gasteiger partial charge in [-0.15, -0.1) is 0 Å². The summed E-state index contributed by atoms with van der Waals surface area (Å²) in [6.45, 7) is 3.46. The summed E-state index contributed by atoms with van der Waals surface area (Å²) in [6, 6.07) is 5.01. The number of nitrogens with zero attached hydrogens (tertiary/aromatic N) is 1. The maximum absolute atomic E-state index is 12.8. The van der Waals surface area contributed by atoms with Gasteiger partial charge < -0.3 is 10.1 Å². The highest BCUT2D eigenvalue weighted by molar-refractivity contribution is 7.89. The molecule has 0 radical (unpaired) electrons. The molecule has 1 saturated carbocycles. The zero-order valence-corrected chi connectivity index (χ0v) is 16.9. The second-order valence-electron chi connectivity index (χ2n) is 6.78. The van der Waals surface area contributed by atoms with Crippen molar-refractivity contribution in [2.24, 2.45) is 0 Å². The quantitative estimate of drug-likeness (QED) is 0.714. The summed E-state index contributed by atoms with van der Waals surface area (Å²) in [5, 5.41) is 2.54. The molecule has 0 saturated heterocycles. The Hall–Kier alpha value is -1.93. The SMILES string of the molecule is CCOC(=O)C(C)NC(=O)c1ccc(S(=O)(=O)N(C)C2CCCCC2)cc1. The summed E-state index contributed by atoms with van der Waals surface area (Å²) in [7, 11) is -1.98. The third-order valence-electron chi connectivity index (χ3n) is 4.87. The van der Waals surface area contributed by atoms with E-state index in [0.29, 0.717) is 0 Å². The minimum Gasteiger partial charge on any atom is -0.464 e. The van der Waals surface area contributed by atoms with E-state index in [1.54, 1.807) is 14.0 Å². The van der Waals surface area contributed by atoms with E-state index in [9.17, 15) is 18.0 Å². The maximum atomic E-state index is 12.8. The molecule has 150 valence electrons. The largest absolute Gasteiger partial charge is 0.464 e. The zero-order valence-electron chi connectivity index (χ0n) is 16.1. The predicted octanol–water partition coefficient (Wildman–Crippen LogP) is 2.32. The van der Waals surface area contributed by atoms with Crippen LogP contribution in [0.3, 0.4) is 0 Å². The second-order valence-corrected chi connectivity index (χ2v) is 8.78. The van der Waals surface area contributed by atoms with Crippen LogP contribution in [0.4, 0.5) is 0 Å². The number of amides is 1. The molecule has 0 spiro atoms. The number of rotatable bonds is 7. The number of carbonyl (C=O) groups is 2. The number of nitrogens with one attached hydrogen (secondary N) is 1. The van der Waals surface area contributed by atoms with Crippen LogP contribution in [0.1, 0.15) is 56.3 Å². The number of esters is 1. The van der Waals surface area contributed by atoms with Crippen LogP contribution in [0.2, 0.25) is 0 Å². The van der Waals surface area contributed by atoms with Crippen LogP contribution in [0, 0.1) is 0 Å². The van der Waals surface area contributed by atoms with Crippen LogP contribution in [0.25, 0.3) is 0 Å². The zero-order chi connectivity index (χ0) is 20.0. The molecule has 1 aromatic carbocycles. The highest BCUT2D eigenvalue weighted by Gasteiger charge is 2.29. The smallest absolute Gasteiger partial charge is 0.328 e. The lowest BCUT2D eigenvalue weighted by molar-refractivity contribution is -0.144. The molecule has 1 fully saturated rings. The van der Waals surface area contributed by atoms with Crippen molar-refractivity contribution < 1.29 is 22.7 Å². The standard InChI is InChI=1S/C19H28N2O5S/c1-4-26-19(23)14(2)20-18(22)15-10-12-17(13-11-15)27(24,25)21(3)16-8-6-5-7-9-16/h10-14,16H,4-9H2,1-3H3,(H,20,22). The van der Waals surface area contributed by atoms with E-state index >= 15 is 0 Å². The molecule has 0 heterocycles. The summed E-state index contributed by atoms with van der Waals surface area (Å²) in [6.07, 6.45) is 4.99. The second kappa shape index (κ2) is 9.32. The molecule has 27 heavy (non-hydrogen) atoms. The maximum Gasteiger partial charge on any atom is 0.328 e. The first kappa shape index (κ1) is 21.4. The molecule has 1 atom stereocenters. The summed E-state index contributed by atoms with van der Waals surface area (Å²) in [5.41, 5.74) is 0.283. The average molecular weight is 397 g/mol. The fraction of sp³-hybridized carbons (Fsp3) is 0.579. The number of hydrogen-bond donors (Lipinski definition) is 1. The van der Waals surface area contributed by atoms with Gasteiger partial charge in [-0.2, -0.15) is 4.31 Å². The summed E-state index contributed by atoms with van der Waals surface area (Å²) >= 11 is 0. The van der Waals surface area contributed by atoms with Crippen molar-refractivity contribution in [2.75, 3.05) is 13.7 Å². The van der Waals surface area contributed by atoms with Crippen LogP contribution in [-0.2, 0) is 19.6 Å².